The number of halogens is 1. The fraction of sp³-hybridized carbons (Fsp3) is 0.650. The summed E-state index contributed by atoms with van der Waals surface area (Å²) in [6, 6.07) is 8.20. The van der Waals surface area contributed by atoms with Crippen molar-refractivity contribution in [3.05, 3.63) is 34.9 Å². The highest BCUT2D eigenvalue weighted by Gasteiger charge is 2.36. The topological polar surface area (TPSA) is 62.4 Å². The van der Waals surface area contributed by atoms with E-state index < -0.39 is 0 Å². The summed E-state index contributed by atoms with van der Waals surface area (Å²) >= 11 is 6.05. The highest BCUT2D eigenvalue weighted by molar-refractivity contribution is 6.30. The number of benzene rings is 1. The molecule has 26 heavy (non-hydrogen) atoms. The molecule has 0 saturated carbocycles. The van der Waals surface area contributed by atoms with E-state index in [1.807, 2.05) is 12.1 Å². The molecule has 2 aliphatic rings. The number of nitrogens with one attached hydrogen (secondary N) is 3. The number of hydrazine groups is 1. The molecule has 1 aromatic carbocycles. The molecule has 5 nitrogen and oxygen atoms in total. The lowest BCUT2D eigenvalue weighted by Gasteiger charge is -2.38. The van der Waals surface area contributed by atoms with E-state index in [1.165, 1.54) is 5.56 Å². The third-order valence-corrected chi connectivity index (χ3v) is 5.81. The summed E-state index contributed by atoms with van der Waals surface area (Å²) in [5.74, 6) is 0.690. The van der Waals surface area contributed by atoms with Crippen LogP contribution in [0.15, 0.2) is 24.3 Å². The molecule has 6 heteroatoms. The Morgan fingerprint density at radius 1 is 1.27 bits per heavy atom. The van der Waals surface area contributed by atoms with Crippen molar-refractivity contribution in [2.75, 3.05) is 19.8 Å². The number of hydrogen-bond acceptors (Lipinski definition) is 4. The standard InChI is InChI=1S/C20H30ClN3O2/c1-14(2)11-17-12-18(24-23-17)19(25)22-13-20(7-9-26-10-8-20)15-3-5-16(21)6-4-15/h3-6,14,17-18,23-24H,7-13H2,1-2H3,(H,22,25). The third kappa shape index (κ3) is 4.77. The van der Waals surface area contributed by atoms with E-state index in [-0.39, 0.29) is 17.4 Å². The summed E-state index contributed by atoms with van der Waals surface area (Å²) < 4.78 is 5.57. The van der Waals surface area contributed by atoms with Gasteiger partial charge in [0.25, 0.3) is 0 Å². The smallest absolute Gasteiger partial charge is 0.238 e. The van der Waals surface area contributed by atoms with Crippen LogP contribution in [0.25, 0.3) is 0 Å². The molecule has 0 aromatic heterocycles. The number of rotatable bonds is 6. The van der Waals surface area contributed by atoms with Gasteiger partial charge in [-0.15, -0.1) is 0 Å². The lowest BCUT2D eigenvalue weighted by atomic mass is 9.74. The molecule has 1 aromatic rings. The van der Waals surface area contributed by atoms with Gasteiger partial charge in [0.2, 0.25) is 5.91 Å². The Morgan fingerprint density at radius 2 is 1.96 bits per heavy atom. The first-order valence-electron chi connectivity index (χ1n) is 9.61. The molecule has 2 aliphatic heterocycles. The first-order chi connectivity index (χ1) is 12.5. The highest BCUT2D eigenvalue weighted by atomic mass is 35.5. The van der Waals surface area contributed by atoms with Gasteiger partial charge in [-0.3, -0.25) is 10.2 Å². The molecule has 2 heterocycles. The van der Waals surface area contributed by atoms with Gasteiger partial charge in [0.05, 0.1) is 0 Å². The van der Waals surface area contributed by atoms with Crippen molar-refractivity contribution in [3.8, 4) is 0 Å². The average molecular weight is 380 g/mol. The van der Waals surface area contributed by atoms with Crippen LogP contribution < -0.4 is 16.2 Å². The lowest BCUT2D eigenvalue weighted by Crippen LogP contribution is -2.49. The van der Waals surface area contributed by atoms with Crippen LogP contribution in [-0.2, 0) is 14.9 Å². The molecular weight excluding hydrogens is 350 g/mol. The van der Waals surface area contributed by atoms with Crippen LogP contribution in [0.4, 0.5) is 0 Å². The molecule has 2 atom stereocenters. The third-order valence-electron chi connectivity index (χ3n) is 5.56. The van der Waals surface area contributed by atoms with Gasteiger partial charge < -0.3 is 10.1 Å². The van der Waals surface area contributed by atoms with Gasteiger partial charge in [-0.1, -0.05) is 37.6 Å². The van der Waals surface area contributed by atoms with Crippen molar-refractivity contribution in [1.29, 1.82) is 0 Å². The zero-order valence-corrected chi connectivity index (χ0v) is 16.4. The molecule has 0 spiro atoms. The van der Waals surface area contributed by atoms with Crippen molar-refractivity contribution in [2.45, 2.75) is 57.0 Å². The maximum atomic E-state index is 12.7. The molecule has 2 fully saturated rings. The van der Waals surface area contributed by atoms with Gasteiger partial charge >= 0.3 is 0 Å². The maximum absolute atomic E-state index is 12.7. The number of carbonyl (C=O) groups excluding carboxylic acids is 1. The van der Waals surface area contributed by atoms with E-state index in [9.17, 15) is 4.79 Å². The molecule has 2 saturated heterocycles. The molecule has 144 valence electrons. The van der Waals surface area contributed by atoms with Crippen molar-refractivity contribution >= 4 is 17.5 Å². The summed E-state index contributed by atoms with van der Waals surface area (Å²) in [5.41, 5.74) is 7.56. The van der Waals surface area contributed by atoms with Gasteiger partial charge in [0.15, 0.2) is 0 Å². The number of ether oxygens (including phenoxy) is 1. The fourth-order valence-corrected chi connectivity index (χ4v) is 4.16. The molecular formula is C20H30ClN3O2. The van der Waals surface area contributed by atoms with Crippen molar-refractivity contribution in [3.63, 3.8) is 0 Å². The summed E-state index contributed by atoms with van der Waals surface area (Å²) in [6.45, 7) is 6.48. The normalized spacial score (nSPS) is 25.4. The van der Waals surface area contributed by atoms with Crippen molar-refractivity contribution in [2.24, 2.45) is 5.92 Å². The monoisotopic (exact) mass is 379 g/mol. The molecule has 0 bridgehead atoms. The summed E-state index contributed by atoms with van der Waals surface area (Å²) in [4.78, 5) is 12.7. The zero-order chi connectivity index (χ0) is 18.6. The minimum atomic E-state index is -0.166. The molecule has 3 rings (SSSR count). The van der Waals surface area contributed by atoms with Crippen LogP contribution in [0.3, 0.4) is 0 Å². The number of hydrogen-bond donors (Lipinski definition) is 3. The minimum absolute atomic E-state index is 0.0728. The molecule has 3 N–H and O–H groups in total. The van der Waals surface area contributed by atoms with Gasteiger partial charge in [0, 0.05) is 36.2 Å². The van der Waals surface area contributed by atoms with Crippen LogP contribution in [0.2, 0.25) is 5.02 Å². The SMILES string of the molecule is CC(C)CC1CC(C(=O)NCC2(c3ccc(Cl)cc3)CCOCC2)NN1. The van der Waals surface area contributed by atoms with E-state index in [2.05, 4.69) is 42.1 Å². The largest absolute Gasteiger partial charge is 0.381 e. The second-order valence-electron chi connectivity index (χ2n) is 8.02. The Labute approximate surface area is 161 Å². The van der Waals surface area contributed by atoms with E-state index in [0.717, 1.165) is 43.9 Å². The zero-order valence-electron chi connectivity index (χ0n) is 15.7. The Balaban J connectivity index is 1.61. The molecule has 1 amide bonds. The Bertz CT molecular complexity index is 600. The molecule has 2 unspecified atom stereocenters. The van der Waals surface area contributed by atoms with E-state index in [0.29, 0.717) is 18.5 Å². The second kappa shape index (κ2) is 8.70. The summed E-state index contributed by atoms with van der Waals surface area (Å²) in [7, 11) is 0. The Kier molecular flexibility index (Phi) is 6.56. The van der Waals surface area contributed by atoms with Gasteiger partial charge in [-0.25, -0.2) is 5.43 Å². The second-order valence-corrected chi connectivity index (χ2v) is 8.46. The summed E-state index contributed by atoms with van der Waals surface area (Å²) in [5, 5.41) is 3.93. The number of carbonyl (C=O) groups is 1. The highest BCUT2D eigenvalue weighted by Crippen LogP contribution is 2.35. The maximum Gasteiger partial charge on any atom is 0.238 e. The van der Waals surface area contributed by atoms with Crippen LogP contribution >= 0.6 is 11.6 Å². The quantitative estimate of drug-likeness (QED) is 0.711. The average Bonchev–Trinajstić information content (AvgIpc) is 3.09. The van der Waals surface area contributed by atoms with Gasteiger partial charge in [0.1, 0.15) is 6.04 Å². The van der Waals surface area contributed by atoms with E-state index in [1.54, 1.807) is 0 Å². The molecule has 0 aliphatic carbocycles. The first kappa shape index (κ1) is 19.6. The van der Waals surface area contributed by atoms with Crippen LogP contribution in [0.1, 0.15) is 45.1 Å². The van der Waals surface area contributed by atoms with Crippen LogP contribution in [0, 0.1) is 5.92 Å². The van der Waals surface area contributed by atoms with Gasteiger partial charge in [-0.2, -0.15) is 0 Å². The van der Waals surface area contributed by atoms with E-state index in [4.69, 9.17) is 16.3 Å². The van der Waals surface area contributed by atoms with Crippen molar-refractivity contribution in [1.82, 2.24) is 16.2 Å². The Hall–Kier alpha value is -1.14. The predicted octanol–water partition coefficient (Wildman–Crippen LogP) is 2.79. The first-order valence-corrected chi connectivity index (χ1v) is 9.99. The van der Waals surface area contributed by atoms with Crippen LogP contribution in [0.5, 0.6) is 0 Å². The number of amides is 1. The summed E-state index contributed by atoms with van der Waals surface area (Å²) in [6.07, 6.45) is 3.71. The van der Waals surface area contributed by atoms with Crippen LogP contribution in [-0.4, -0.2) is 37.7 Å². The van der Waals surface area contributed by atoms with Crippen molar-refractivity contribution < 1.29 is 9.53 Å². The van der Waals surface area contributed by atoms with E-state index >= 15 is 0 Å². The molecule has 0 radical (unpaired) electrons. The fourth-order valence-electron chi connectivity index (χ4n) is 4.03. The Morgan fingerprint density at radius 3 is 2.62 bits per heavy atom. The lowest BCUT2D eigenvalue weighted by molar-refractivity contribution is -0.123. The minimum Gasteiger partial charge on any atom is -0.381 e. The van der Waals surface area contributed by atoms with Gasteiger partial charge in [-0.05, 0) is 49.3 Å². The predicted molar refractivity (Wildman–Crippen MR) is 104 cm³/mol.